The summed E-state index contributed by atoms with van der Waals surface area (Å²) in [6, 6.07) is 22.7. The molecule has 0 saturated carbocycles. The minimum absolute atomic E-state index is 0.684. The summed E-state index contributed by atoms with van der Waals surface area (Å²) >= 11 is 0. The molecule has 0 spiro atoms. The maximum Gasteiger partial charge on any atom is 0.213 e. The van der Waals surface area contributed by atoms with Crippen LogP contribution < -0.4 is 4.57 Å². The van der Waals surface area contributed by atoms with Crippen molar-refractivity contribution in [3.63, 3.8) is 0 Å². The number of hydrogen-bond acceptors (Lipinski definition) is 1. The number of nitrogens with zero attached hydrogens (tertiary/aromatic N) is 2. The lowest BCUT2D eigenvalue weighted by Crippen LogP contribution is -2.53. The molecule has 3 aliphatic rings. The molecule has 0 N–H and O–H groups in total. The Morgan fingerprint density at radius 2 is 1.86 bits per heavy atom. The summed E-state index contributed by atoms with van der Waals surface area (Å²) in [6.07, 6.45) is 8.31. The van der Waals surface area contributed by atoms with Crippen molar-refractivity contribution in [1.29, 1.82) is 0 Å². The van der Waals surface area contributed by atoms with Crippen molar-refractivity contribution in [2.45, 2.75) is 31.8 Å². The third-order valence-corrected chi connectivity index (χ3v) is 6.90. The smallest absolute Gasteiger partial charge is 0.213 e. The number of pyridine rings is 1. The summed E-state index contributed by atoms with van der Waals surface area (Å²) in [5.74, 6) is 1.54. The highest BCUT2D eigenvalue weighted by molar-refractivity contribution is 5.79. The third-order valence-electron chi connectivity index (χ3n) is 6.90. The van der Waals surface area contributed by atoms with E-state index < -0.39 is 0 Å². The predicted octanol–water partition coefficient (Wildman–Crippen LogP) is 4.61. The Morgan fingerprint density at radius 1 is 1.04 bits per heavy atom. The molecule has 28 heavy (non-hydrogen) atoms. The molecule has 2 heteroatoms. The first kappa shape index (κ1) is 17.6. The zero-order valence-corrected chi connectivity index (χ0v) is 16.5. The lowest BCUT2D eigenvalue weighted by molar-refractivity contribution is -0.662. The van der Waals surface area contributed by atoms with Gasteiger partial charge in [0.25, 0.3) is 0 Å². The zero-order chi connectivity index (χ0) is 18.9. The Bertz CT molecular complexity index is 978. The highest BCUT2D eigenvalue weighted by Gasteiger charge is 2.38. The maximum absolute atomic E-state index is 4.07. The largest absolute Gasteiger partial charge is 0.299 e. The molecule has 4 heterocycles. The molecule has 3 aliphatic heterocycles. The minimum Gasteiger partial charge on any atom is -0.299 e. The Kier molecular flexibility index (Phi) is 4.74. The monoisotopic (exact) mass is 369 g/mol. The van der Waals surface area contributed by atoms with Crippen molar-refractivity contribution < 1.29 is 4.57 Å². The van der Waals surface area contributed by atoms with Crippen LogP contribution in [0.5, 0.6) is 0 Å². The van der Waals surface area contributed by atoms with E-state index in [1.807, 2.05) is 0 Å². The fraction of sp³-hybridized carbons (Fsp3) is 0.346. The fourth-order valence-electron chi connectivity index (χ4n) is 5.35. The van der Waals surface area contributed by atoms with E-state index in [1.165, 1.54) is 48.0 Å². The third kappa shape index (κ3) is 3.27. The topological polar surface area (TPSA) is 7.12 Å². The number of benzene rings is 2. The number of para-hydroxylation sites is 1. The highest BCUT2D eigenvalue weighted by Crippen LogP contribution is 2.38. The molecular formula is C26H29N2+. The standard InChI is InChI=1S/C26H29N2/c1-2-21-19-27-14-12-22(21)16-24(27)17-23-13-15-28(18-20-8-4-3-5-9-20)26-11-7-6-10-25(23)26/h2-11,13,15,21-22,24H,1,12,14,16-19H2/q+1/t21-,22-,24+/m0/s1. The second-order valence-electron chi connectivity index (χ2n) is 8.51. The van der Waals surface area contributed by atoms with Gasteiger partial charge in [0.2, 0.25) is 5.52 Å². The Morgan fingerprint density at radius 3 is 2.64 bits per heavy atom. The molecule has 4 atom stereocenters. The van der Waals surface area contributed by atoms with Crippen LogP contribution in [0.15, 0.2) is 79.5 Å². The molecular weight excluding hydrogens is 340 g/mol. The Labute approximate surface area is 168 Å². The van der Waals surface area contributed by atoms with Crippen LogP contribution in [-0.2, 0) is 13.0 Å². The lowest BCUT2D eigenvalue weighted by atomic mass is 9.74. The quantitative estimate of drug-likeness (QED) is 0.470. The van der Waals surface area contributed by atoms with Gasteiger partial charge in [0, 0.05) is 35.7 Å². The SMILES string of the molecule is C=C[C@H]1CN2CC[C@H]1C[C@@H]2Cc1cc[n+](Cc2ccccc2)c2ccccc12. The molecule has 0 aliphatic carbocycles. The molecule has 2 aromatic carbocycles. The molecule has 3 saturated heterocycles. The van der Waals surface area contributed by atoms with Crippen molar-refractivity contribution in [1.82, 2.24) is 4.90 Å². The molecule has 142 valence electrons. The maximum atomic E-state index is 4.07. The van der Waals surface area contributed by atoms with Gasteiger partial charge < -0.3 is 0 Å². The van der Waals surface area contributed by atoms with E-state index in [9.17, 15) is 0 Å². The van der Waals surface area contributed by atoms with E-state index >= 15 is 0 Å². The molecule has 1 aromatic heterocycles. The van der Waals surface area contributed by atoms with Crippen molar-refractivity contribution in [3.8, 4) is 0 Å². The van der Waals surface area contributed by atoms with E-state index in [-0.39, 0.29) is 0 Å². The number of hydrogen-bond donors (Lipinski definition) is 0. The molecule has 2 nitrogen and oxygen atoms in total. The average Bonchev–Trinajstić information content (AvgIpc) is 2.76. The van der Waals surface area contributed by atoms with Gasteiger partial charge in [-0.1, -0.05) is 48.5 Å². The van der Waals surface area contributed by atoms with Crippen molar-refractivity contribution in [2.24, 2.45) is 11.8 Å². The van der Waals surface area contributed by atoms with Gasteiger partial charge in [0.1, 0.15) is 0 Å². The summed E-state index contributed by atoms with van der Waals surface area (Å²) in [6.45, 7) is 7.45. The van der Waals surface area contributed by atoms with Crippen molar-refractivity contribution >= 4 is 10.9 Å². The molecule has 6 rings (SSSR count). The van der Waals surface area contributed by atoms with Crippen LogP contribution in [0, 0.1) is 11.8 Å². The minimum atomic E-state index is 0.684. The van der Waals surface area contributed by atoms with Crippen LogP contribution in [0.3, 0.4) is 0 Å². The zero-order valence-electron chi connectivity index (χ0n) is 16.5. The van der Waals surface area contributed by atoms with E-state index in [0.29, 0.717) is 12.0 Å². The summed E-state index contributed by atoms with van der Waals surface area (Å²) < 4.78 is 2.38. The lowest BCUT2D eigenvalue weighted by Gasteiger charge is -2.49. The predicted molar refractivity (Wildman–Crippen MR) is 115 cm³/mol. The van der Waals surface area contributed by atoms with Crippen LogP contribution in [0.2, 0.25) is 0 Å². The summed E-state index contributed by atoms with van der Waals surface area (Å²) in [5, 5.41) is 1.41. The Hall–Kier alpha value is -2.45. The van der Waals surface area contributed by atoms with Gasteiger partial charge in [-0.3, -0.25) is 4.90 Å². The number of fused-ring (bicyclic) bond motifs is 4. The normalized spacial score (nSPS) is 26.4. The van der Waals surface area contributed by atoms with Crippen LogP contribution in [-0.4, -0.2) is 24.0 Å². The summed E-state index contributed by atoms with van der Waals surface area (Å²) in [4.78, 5) is 2.71. The first-order valence-corrected chi connectivity index (χ1v) is 10.6. The molecule has 3 aromatic rings. The van der Waals surface area contributed by atoms with E-state index in [1.54, 1.807) is 0 Å². The van der Waals surface area contributed by atoms with Gasteiger partial charge in [-0.25, -0.2) is 0 Å². The number of piperidine rings is 3. The molecule has 0 amide bonds. The van der Waals surface area contributed by atoms with Gasteiger partial charge in [-0.2, -0.15) is 4.57 Å². The van der Waals surface area contributed by atoms with Crippen LogP contribution in [0.1, 0.15) is 24.0 Å². The first-order chi connectivity index (χ1) is 13.8. The molecule has 2 bridgehead atoms. The number of rotatable bonds is 5. The number of aromatic nitrogens is 1. The molecule has 1 unspecified atom stereocenters. The second-order valence-corrected chi connectivity index (χ2v) is 8.51. The van der Waals surface area contributed by atoms with Crippen LogP contribution in [0.25, 0.3) is 10.9 Å². The Balaban J connectivity index is 1.43. The van der Waals surface area contributed by atoms with Gasteiger partial charge >= 0.3 is 0 Å². The summed E-state index contributed by atoms with van der Waals surface area (Å²) in [7, 11) is 0. The van der Waals surface area contributed by atoms with Gasteiger partial charge in [-0.15, -0.1) is 6.58 Å². The van der Waals surface area contributed by atoms with Crippen molar-refractivity contribution in [3.05, 3.63) is 90.6 Å². The van der Waals surface area contributed by atoms with Gasteiger partial charge in [-0.05, 0) is 49.3 Å². The van der Waals surface area contributed by atoms with E-state index in [2.05, 4.69) is 89.0 Å². The average molecular weight is 370 g/mol. The highest BCUT2D eigenvalue weighted by atomic mass is 15.2. The van der Waals surface area contributed by atoms with Crippen LogP contribution in [0.4, 0.5) is 0 Å². The van der Waals surface area contributed by atoms with E-state index in [0.717, 1.165) is 18.9 Å². The van der Waals surface area contributed by atoms with Crippen LogP contribution >= 0.6 is 0 Å². The van der Waals surface area contributed by atoms with E-state index in [4.69, 9.17) is 0 Å². The second kappa shape index (κ2) is 7.52. The molecule has 3 fully saturated rings. The summed E-state index contributed by atoms with van der Waals surface area (Å²) in [5.41, 5.74) is 4.17. The van der Waals surface area contributed by atoms with Crippen molar-refractivity contribution in [2.75, 3.05) is 13.1 Å². The molecule has 0 radical (unpaired) electrons. The van der Waals surface area contributed by atoms with Gasteiger partial charge in [0.15, 0.2) is 12.7 Å². The fourth-order valence-corrected chi connectivity index (χ4v) is 5.35. The first-order valence-electron chi connectivity index (χ1n) is 10.6. The van der Waals surface area contributed by atoms with Gasteiger partial charge in [0.05, 0.1) is 0 Å².